The van der Waals surface area contributed by atoms with E-state index >= 15 is 0 Å². The zero-order chi connectivity index (χ0) is 17.2. The molecule has 2 aliphatic rings. The van der Waals surface area contributed by atoms with Crippen LogP contribution in [0.25, 0.3) is 0 Å². The zero-order valence-corrected chi connectivity index (χ0v) is 15.9. The molecule has 1 aliphatic carbocycles. The lowest BCUT2D eigenvalue weighted by atomic mass is 10.2. The molecule has 1 saturated heterocycles. The van der Waals surface area contributed by atoms with Gasteiger partial charge in [-0.05, 0) is 39.3 Å². The maximum Gasteiger partial charge on any atom is 0.191 e. The van der Waals surface area contributed by atoms with Crippen molar-refractivity contribution in [3.8, 4) is 0 Å². The summed E-state index contributed by atoms with van der Waals surface area (Å²) in [6.07, 6.45) is 7.98. The van der Waals surface area contributed by atoms with E-state index in [1.54, 1.807) is 7.11 Å². The van der Waals surface area contributed by atoms with Crippen molar-refractivity contribution in [3.05, 3.63) is 0 Å². The lowest BCUT2D eigenvalue weighted by molar-refractivity contribution is 0.161. The number of aliphatic imine (C=N–C) groups is 1. The topological polar surface area (TPSA) is 52.1 Å². The molecule has 6 nitrogen and oxygen atoms in total. The summed E-state index contributed by atoms with van der Waals surface area (Å²) in [5, 5.41) is 7.06. The highest BCUT2D eigenvalue weighted by atomic mass is 16.5. The number of methoxy groups -OCH3 is 1. The molecule has 140 valence electrons. The van der Waals surface area contributed by atoms with Crippen LogP contribution in [0.15, 0.2) is 4.99 Å². The summed E-state index contributed by atoms with van der Waals surface area (Å²) >= 11 is 0. The van der Waals surface area contributed by atoms with Gasteiger partial charge in [0.2, 0.25) is 0 Å². The highest BCUT2D eigenvalue weighted by Gasteiger charge is 2.30. The molecular formula is C18H37N5O. The van der Waals surface area contributed by atoms with E-state index in [1.165, 1.54) is 45.2 Å². The van der Waals surface area contributed by atoms with Crippen molar-refractivity contribution < 1.29 is 4.74 Å². The van der Waals surface area contributed by atoms with Gasteiger partial charge in [0.1, 0.15) is 0 Å². The van der Waals surface area contributed by atoms with Crippen LogP contribution in [-0.4, -0.2) is 88.4 Å². The first kappa shape index (κ1) is 19.5. The smallest absolute Gasteiger partial charge is 0.191 e. The number of nitrogens with zero attached hydrogens (tertiary/aromatic N) is 3. The van der Waals surface area contributed by atoms with Gasteiger partial charge < -0.3 is 20.3 Å². The van der Waals surface area contributed by atoms with Gasteiger partial charge in [-0.3, -0.25) is 9.89 Å². The Morgan fingerprint density at radius 2 is 2.04 bits per heavy atom. The first-order valence-corrected chi connectivity index (χ1v) is 9.61. The van der Waals surface area contributed by atoms with Crippen LogP contribution in [0, 0.1) is 0 Å². The monoisotopic (exact) mass is 339 g/mol. The molecular weight excluding hydrogens is 302 g/mol. The van der Waals surface area contributed by atoms with Crippen molar-refractivity contribution in [2.45, 2.75) is 50.6 Å². The predicted molar refractivity (Wildman–Crippen MR) is 101 cm³/mol. The van der Waals surface area contributed by atoms with Gasteiger partial charge in [-0.2, -0.15) is 0 Å². The molecule has 2 fully saturated rings. The fourth-order valence-corrected chi connectivity index (χ4v) is 3.81. The Bertz CT molecular complexity index is 370. The van der Waals surface area contributed by atoms with Gasteiger partial charge in [0.15, 0.2) is 5.96 Å². The number of hydrogen-bond donors (Lipinski definition) is 2. The van der Waals surface area contributed by atoms with E-state index in [-0.39, 0.29) is 0 Å². The summed E-state index contributed by atoms with van der Waals surface area (Å²) in [7, 11) is 5.76. The summed E-state index contributed by atoms with van der Waals surface area (Å²) < 4.78 is 5.10. The zero-order valence-electron chi connectivity index (χ0n) is 15.9. The van der Waals surface area contributed by atoms with Gasteiger partial charge in [0.05, 0.1) is 6.61 Å². The lowest BCUT2D eigenvalue weighted by Gasteiger charge is -2.24. The molecule has 0 amide bonds. The summed E-state index contributed by atoms with van der Waals surface area (Å²) in [6, 6.07) is 1.38. The Labute approximate surface area is 148 Å². The molecule has 1 atom stereocenters. The quantitative estimate of drug-likeness (QED) is 0.375. The summed E-state index contributed by atoms with van der Waals surface area (Å²) in [4.78, 5) is 9.37. The number of guanidine groups is 1. The van der Waals surface area contributed by atoms with E-state index in [0.29, 0.717) is 6.04 Å². The molecule has 6 heteroatoms. The Hall–Kier alpha value is -0.850. The van der Waals surface area contributed by atoms with E-state index in [9.17, 15) is 0 Å². The first-order chi connectivity index (χ1) is 11.7. The molecule has 1 unspecified atom stereocenters. The maximum absolute atomic E-state index is 5.10. The van der Waals surface area contributed by atoms with Crippen molar-refractivity contribution in [1.29, 1.82) is 0 Å². The summed E-state index contributed by atoms with van der Waals surface area (Å²) in [6.45, 7) is 6.23. The molecule has 2 rings (SSSR count). The minimum atomic E-state index is 0.543. The van der Waals surface area contributed by atoms with Crippen LogP contribution in [0.1, 0.15) is 38.5 Å². The molecule has 0 radical (unpaired) electrons. The third kappa shape index (κ3) is 6.57. The van der Waals surface area contributed by atoms with Crippen LogP contribution in [0.4, 0.5) is 0 Å². The van der Waals surface area contributed by atoms with Crippen LogP contribution in [0.5, 0.6) is 0 Å². The molecule has 1 saturated carbocycles. The average Bonchev–Trinajstić information content (AvgIpc) is 3.26. The molecule has 0 bridgehead atoms. The predicted octanol–water partition coefficient (Wildman–Crippen LogP) is 1.14. The Balaban J connectivity index is 1.59. The van der Waals surface area contributed by atoms with Crippen LogP contribution in [0.3, 0.4) is 0 Å². The van der Waals surface area contributed by atoms with E-state index < -0.39 is 0 Å². The van der Waals surface area contributed by atoms with Crippen LogP contribution < -0.4 is 10.6 Å². The third-order valence-corrected chi connectivity index (χ3v) is 5.31. The van der Waals surface area contributed by atoms with E-state index in [1.807, 2.05) is 7.05 Å². The second-order valence-electron chi connectivity index (χ2n) is 7.21. The number of rotatable bonds is 9. The number of nitrogens with one attached hydrogen (secondary N) is 2. The van der Waals surface area contributed by atoms with Gasteiger partial charge in [0.25, 0.3) is 0 Å². The minimum absolute atomic E-state index is 0.543. The van der Waals surface area contributed by atoms with Crippen molar-refractivity contribution in [1.82, 2.24) is 20.4 Å². The van der Waals surface area contributed by atoms with Crippen molar-refractivity contribution in [2.24, 2.45) is 4.99 Å². The van der Waals surface area contributed by atoms with Crippen molar-refractivity contribution in [2.75, 3.05) is 60.5 Å². The Kier molecular flexibility index (Phi) is 8.84. The lowest BCUT2D eigenvalue weighted by Crippen LogP contribution is -2.45. The van der Waals surface area contributed by atoms with Gasteiger partial charge in [-0.25, -0.2) is 0 Å². The van der Waals surface area contributed by atoms with Gasteiger partial charge in [-0.1, -0.05) is 12.8 Å². The third-order valence-electron chi connectivity index (χ3n) is 5.31. The van der Waals surface area contributed by atoms with Crippen LogP contribution in [0.2, 0.25) is 0 Å². The van der Waals surface area contributed by atoms with E-state index in [0.717, 1.165) is 44.7 Å². The second kappa shape index (κ2) is 10.9. The van der Waals surface area contributed by atoms with Crippen molar-refractivity contribution in [3.63, 3.8) is 0 Å². The average molecular weight is 340 g/mol. The van der Waals surface area contributed by atoms with Crippen molar-refractivity contribution >= 4 is 5.96 Å². The van der Waals surface area contributed by atoms with Gasteiger partial charge >= 0.3 is 0 Å². The molecule has 0 aromatic heterocycles. The SMILES string of the molecule is CN=C(NCCCN(C)CCOC)NC1CCN(C2CCCC2)C1. The Morgan fingerprint density at radius 3 is 2.75 bits per heavy atom. The normalized spacial score (nSPS) is 23.3. The Morgan fingerprint density at radius 1 is 1.25 bits per heavy atom. The molecule has 1 aliphatic heterocycles. The molecule has 1 heterocycles. The molecule has 0 aromatic carbocycles. The summed E-state index contributed by atoms with van der Waals surface area (Å²) in [5.74, 6) is 0.952. The van der Waals surface area contributed by atoms with Gasteiger partial charge in [0, 0.05) is 52.4 Å². The standard InChI is InChI=1S/C18H37N5O/c1-19-18(20-10-6-11-22(2)13-14-24-3)21-16-9-12-23(15-16)17-7-4-5-8-17/h16-17H,4-15H2,1-3H3,(H2,19,20,21). The number of ether oxygens (including phenoxy) is 1. The fourth-order valence-electron chi connectivity index (χ4n) is 3.81. The first-order valence-electron chi connectivity index (χ1n) is 9.61. The summed E-state index contributed by atoms with van der Waals surface area (Å²) in [5.41, 5.74) is 0. The molecule has 2 N–H and O–H groups in total. The number of likely N-dealkylation sites (tertiary alicyclic amines) is 1. The van der Waals surface area contributed by atoms with Crippen LogP contribution >= 0.6 is 0 Å². The highest BCUT2D eigenvalue weighted by molar-refractivity contribution is 5.79. The molecule has 0 spiro atoms. The molecule has 24 heavy (non-hydrogen) atoms. The van der Waals surface area contributed by atoms with Gasteiger partial charge in [-0.15, -0.1) is 0 Å². The maximum atomic E-state index is 5.10. The van der Waals surface area contributed by atoms with E-state index in [4.69, 9.17) is 4.74 Å². The fraction of sp³-hybridized carbons (Fsp3) is 0.944. The van der Waals surface area contributed by atoms with E-state index in [2.05, 4.69) is 32.5 Å². The highest BCUT2D eigenvalue weighted by Crippen LogP contribution is 2.26. The number of likely N-dealkylation sites (N-methyl/N-ethyl adjacent to an activating group) is 1. The minimum Gasteiger partial charge on any atom is -0.383 e. The second-order valence-corrected chi connectivity index (χ2v) is 7.21. The van der Waals surface area contributed by atoms with Crippen LogP contribution in [-0.2, 0) is 4.74 Å². The largest absolute Gasteiger partial charge is 0.383 e. The number of hydrogen-bond acceptors (Lipinski definition) is 4. The molecule has 0 aromatic rings.